The normalized spacial score (nSPS) is 16.1. The molecule has 0 amide bonds. The van der Waals surface area contributed by atoms with Crippen molar-refractivity contribution in [3.05, 3.63) is 0 Å². The zero-order valence-corrected chi connectivity index (χ0v) is 11.9. The molecule has 1 rings (SSSR count). The minimum absolute atomic E-state index is 0.786. The maximum Gasteiger partial charge on any atom is 0.0477 e. The van der Waals surface area contributed by atoms with Gasteiger partial charge in [-0.2, -0.15) is 0 Å². The topological polar surface area (TPSA) is 24.5 Å². The van der Waals surface area contributed by atoms with Crippen molar-refractivity contribution in [3.8, 4) is 0 Å². The van der Waals surface area contributed by atoms with E-state index < -0.39 is 0 Å². The van der Waals surface area contributed by atoms with Crippen molar-refractivity contribution in [2.45, 2.75) is 46.1 Å². The Kier molecular flexibility index (Phi) is 7.82. The van der Waals surface area contributed by atoms with E-state index in [-0.39, 0.29) is 0 Å². The third-order valence-electron chi connectivity index (χ3n) is 3.09. The summed E-state index contributed by atoms with van der Waals surface area (Å²) in [5, 5.41) is 3.51. The van der Waals surface area contributed by atoms with E-state index in [1.807, 2.05) is 6.92 Å². The van der Waals surface area contributed by atoms with Crippen LogP contribution in [0.4, 0.5) is 0 Å². The fourth-order valence-corrected chi connectivity index (χ4v) is 2.12. The molecule has 0 atom stereocenters. The molecule has 0 heterocycles. The number of rotatable bonds is 11. The maximum absolute atomic E-state index is 5.31. The van der Waals surface area contributed by atoms with Crippen LogP contribution in [0.5, 0.6) is 0 Å². The van der Waals surface area contributed by atoms with Crippen LogP contribution in [0.25, 0.3) is 0 Å². The highest BCUT2D eigenvalue weighted by Gasteiger charge is 2.28. The fourth-order valence-electron chi connectivity index (χ4n) is 2.12. The quantitative estimate of drug-likeness (QED) is 0.562. The van der Waals surface area contributed by atoms with Crippen LogP contribution in [0, 0.1) is 5.92 Å². The molecule has 3 heteroatoms. The van der Waals surface area contributed by atoms with E-state index in [9.17, 15) is 0 Å². The lowest BCUT2D eigenvalue weighted by molar-refractivity contribution is 0.144. The Morgan fingerprint density at radius 1 is 1.29 bits per heavy atom. The first kappa shape index (κ1) is 14.9. The van der Waals surface area contributed by atoms with Gasteiger partial charge in [0.1, 0.15) is 0 Å². The second-order valence-electron chi connectivity index (χ2n) is 5.42. The number of hydrogen-bond acceptors (Lipinski definition) is 3. The molecule has 1 aliphatic rings. The van der Waals surface area contributed by atoms with Gasteiger partial charge in [0.25, 0.3) is 0 Å². The van der Waals surface area contributed by atoms with Gasteiger partial charge in [-0.25, -0.2) is 0 Å². The summed E-state index contributed by atoms with van der Waals surface area (Å²) in [4.78, 5) is 2.65. The molecule has 0 saturated heterocycles. The van der Waals surface area contributed by atoms with Crippen LogP contribution in [-0.4, -0.2) is 50.3 Å². The summed E-state index contributed by atoms with van der Waals surface area (Å²) in [6.45, 7) is 13.1. The van der Waals surface area contributed by atoms with Gasteiger partial charge in [0.05, 0.1) is 0 Å². The molecule has 0 radical (unpaired) electrons. The van der Waals surface area contributed by atoms with Crippen molar-refractivity contribution in [3.63, 3.8) is 0 Å². The van der Waals surface area contributed by atoms with Crippen molar-refractivity contribution in [2.24, 2.45) is 5.92 Å². The minimum Gasteiger partial charge on any atom is -0.382 e. The summed E-state index contributed by atoms with van der Waals surface area (Å²) in [6.07, 6.45) is 3.95. The minimum atomic E-state index is 0.786. The van der Waals surface area contributed by atoms with Gasteiger partial charge in [0, 0.05) is 38.9 Å². The Balaban J connectivity index is 1.95. The maximum atomic E-state index is 5.31. The summed E-state index contributed by atoms with van der Waals surface area (Å²) in [5.74, 6) is 0.786. The first-order valence-corrected chi connectivity index (χ1v) is 7.26. The van der Waals surface area contributed by atoms with Gasteiger partial charge in [0.2, 0.25) is 0 Å². The highest BCUT2D eigenvalue weighted by molar-refractivity contribution is 4.85. The van der Waals surface area contributed by atoms with E-state index in [0.717, 1.165) is 44.7 Å². The SMILES string of the molecule is CCOCCCNCCN(CC(C)C)C1CC1. The molecule has 0 aromatic carbocycles. The van der Waals surface area contributed by atoms with Crippen LogP contribution < -0.4 is 5.32 Å². The molecular formula is C14H30N2O. The van der Waals surface area contributed by atoms with E-state index in [2.05, 4.69) is 24.1 Å². The van der Waals surface area contributed by atoms with Crippen LogP contribution in [0.1, 0.15) is 40.0 Å². The van der Waals surface area contributed by atoms with E-state index in [1.54, 1.807) is 0 Å². The molecule has 0 spiro atoms. The fraction of sp³-hybridized carbons (Fsp3) is 1.00. The van der Waals surface area contributed by atoms with Crippen LogP contribution >= 0.6 is 0 Å². The van der Waals surface area contributed by atoms with Gasteiger partial charge >= 0.3 is 0 Å². The van der Waals surface area contributed by atoms with Crippen LogP contribution in [0.3, 0.4) is 0 Å². The Morgan fingerprint density at radius 3 is 2.65 bits per heavy atom. The third-order valence-corrected chi connectivity index (χ3v) is 3.09. The van der Waals surface area contributed by atoms with Gasteiger partial charge in [-0.1, -0.05) is 13.8 Å². The molecular weight excluding hydrogens is 212 g/mol. The largest absolute Gasteiger partial charge is 0.382 e. The molecule has 0 bridgehead atoms. The lowest BCUT2D eigenvalue weighted by atomic mass is 10.2. The standard InChI is InChI=1S/C14H30N2O/c1-4-17-11-5-8-15-9-10-16(12-13(2)3)14-6-7-14/h13-15H,4-12H2,1-3H3. The first-order valence-electron chi connectivity index (χ1n) is 7.26. The molecule has 0 aromatic heterocycles. The lowest BCUT2D eigenvalue weighted by Crippen LogP contribution is -2.36. The number of nitrogens with zero attached hydrogens (tertiary/aromatic N) is 1. The number of nitrogens with one attached hydrogen (secondary N) is 1. The third kappa shape index (κ3) is 7.74. The predicted molar refractivity (Wildman–Crippen MR) is 73.4 cm³/mol. The molecule has 1 saturated carbocycles. The first-order chi connectivity index (χ1) is 8.24. The summed E-state index contributed by atoms with van der Waals surface area (Å²) in [6, 6.07) is 0.891. The molecule has 1 aliphatic carbocycles. The Hall–Kier alpha value is -0.120. The average Bonchev–Trinajstić information content (AvgIpc) is 3.09. The van der Waals surface area contributed by atoms with Gasteiger partial charge in [0.15, 0.2) is 0 Å². The van der Waals surface area contributed by atoms with E-state index >= 15 is 0 Å². The molecule has 3 nitrogen and oxygen atoms in total. The number of hydrogen-bond donors (Lipinski definition) is 1. The highest BCUT2D eigenvalue weighted by Crippen LogP contribution is 2.26. The van der Waals surface area contributed by atoms with Crippen LogP contribution in [0.2, 0.25) is 0 Å². The molecule has 0 aromatic rings. The van der Waals surface area contributed by atoms with Crippen molar-refractivity contribution in [1.82, 2.24) is 10.2 Å². The predicted octanol–water partition coefficient (Wildman–Crippen LogP) is 2.12. The van der Waals surface area contributed by atoms with Crippen LogP contribution in [0.15, 0.2) is 0 Å². The second-order valence-corrected chi connectivity index (χ2v) is 5.42. The summed E-state index contributed by atoms with van der Waals surface area (Å²) in [7, 11) is 0. The van der Waals surface area contributed by atoms with E-state index in [0.29, 0.717) is 0 Å². The van der Waals surface area contributed by atoms with Gasteiger partial charge in [-0.05, 0) is 38.6 Å². The van der Waals surface area contributed by atoms with Crippen LogP contribution in [-0.2, 0) is 4.74 Å². The van der Waals surface area contributed by atoms with Crippen molar-refractivity contribution < 1.29 is 4.74 Å². The van der Waals surface area contributed by atoms with Gasteiger partial charge in [-0.3, -0.25) is 4.90 Å². The summed E-state index contributed by atoms with van der Waals surface area (Å²) >= 11 is 0. The second kappa shape index (κ2) is 8.90. The monoisotopic (exact) mass is 242 g/mol. The lowest BCUT2D eigenvalue weighted by Gasteiger charge is -2.24. The highest BCUT2D eigenvalue weighted by atomic mass is 16.5. The summed E-state index contributed by atoms with van der Waals surface area (Å²) < 4.78 is 5.31. The molecule has 0 unspecified atom stereocenters. The Bertz CT molecular complexity index is 181. The van der Waals surface area contributed by atoms with Crippen molar-refractivity contribution in [2.75, 3.05) is 39.4 Å². The van der Waals surface area contributed by atoms with Crippen molar-refractivity contribution in [1.29, 1.82) is 0 Å². The summed E-state index contributed by atoms with van der Waals surface area (Å²) in [5.41, 5.74) is 0. The number of ether oxygens (including phenoxy) is 1. The molecule has 1 fully saturated rings. The Labute approximate surface area is 107 Å². The molecule has 17 heavy (non-hydrogen) atoms. The average molecular weight is 242 g/mol. The zero-order valence-electron chi connectivity index (χ0n) is 11.9. The van der Waals surface area contributed by atoms with Crippen molar-refractivity contribution >= 4 is 0 Å². The molecule has 1 N–H and O–H groups in total. The van der Waals surface area contributed by atoms with Gasteiger partial charge < -0.3 is 10.1 Å². The molecule has 102 valence electrons. The smallest absolute Gasteiger partial charge is 0.0477 e. The van der Waals surface area contributed by atoms with E-state index in [1.165, 1.54) is 25.9 Å². The van der Waals surface area contributed by atoms with Gasteiger partial charge in [-0.15, -0.1) is 0 Å². The van der Waals surface area contributed by atoms with E-state index in [4.69, 9.17) is 4.74 Å². The Morgan fingerprint density at radius 2 is 2.06 bits per heavy atom. The molecule has 0 aliphatic heterocycles. The zero-order chi connectivity index (χ0) is 12.5.